The van der Waals surface area contributed by atoms with E-state index >= 15 is 0 Å². The number of carbonyl (C=O) groups is 1. The Labute approximate surface area is 155 Å². The third-order valence-electron chi connectivity index (χ3n) is 4.46. The van der Waals surface area contributed by atoms with Gasteiger partial charge in [-0.3, -0.25) is 4.79 Å². The number of hydrogen-bond donors (Lipinski definition) is 3. The lowest BCUT2D eigenvalue weighted by atomic mass is 10.1. The molecule has 0 spiro atoms. The molecule has 0 saturated carbocycles. The number of nitrogens with one attached hydrogen (secondary N) is 3. The van der Waals surface area contributed by atoms with Crippen molar-refractivity contribution in [3.8, 4) is 0 Å². The molecule has 2 atom stereocenters. The minimum absolute atomic E-state index is 0.00683. The normalized spacial score (nSPS) is 19.9. The average Bonchev–Trinajstić information content (AvgIpc) is 3.36. The van der Waals surface area contributed by atoms with E-state index in [2.05, 4.69) is 31.8 Å². The van der Waals surface area contributed by atoms with E-state index in [-0.39, 0.29) is 18.0 Å². The Bertz CT molecular complexity index is 873. The molecule has 1 aliphatic rings. The molecule has 4 rings (SSSR count). The zero-order valence-electron chi connectivity index (χ0n) is 14.4. The van der Waals surface area contributed by atoms with E-state index in [0.29, 0.717) is 17.5 Å². The number of oxazole rings is 1. The highest BCUT2D eigenvalue weighted by atomic mass is 32.2. The molecule has 0 bridgehead atoms. The van der Waals surface area contributed by atoms with Gasteiger partial charge in [0.15, 0.2) is 5.58 Å². The standard InChI is InChI=1S/C18H21N5O2S/c1-23-9-4-6-15(23)13-11-14(22-21-13)17(24)19-8-10-26-18-20-12-5-2-3-7-16(12)25-18/h2-7,9,13-14,21-22H,8,10-11H2,1H3,(H,19,24). The smallest absolute Gasteiger partial charge is 0.256 e. The molecule has 1 aromatic carbocycles. The monoisotopic (exact) mass is 371 g/mol. The van der Waals surface area contributed by atoms with Crippen LogP contribution in [0.25, 0.3) is 11.1 Å². The van der Waals surface area contributed by atoms with Gasteiger partial charge in [-0.2, -0.15) is 0 Å². The second kappa shape index (κ2) is 7.53. The number of aromatic nitrogens is 2. The van der Waals surface area contributed by atoms with Crippen molar-refractivity contribution in [3.05, 3.63) is 48.3 Å². The number of benzene rings is 1. The molecular formula is C18H21N5O2S. The Morgan fingerprint density at radius 2 is 2.23 bits per heavy atom. The molecule has 26 heavy (non-hydrogen) atoms. The molecule has 0 radical (unpaired) electrons. The topological polar surface area (TPSA) is 84.1 Å². The highest BCUT2D eigenvalue weighted by Crippen LogP contribution is 2.23. The van der Waals surface area contributed by atoms with Gasteiger partial charge in [0.25, 0.3) is 5.22 Å². The zero-order chi connectivity index (χ0) is 17.9. The van der Waals surface area contributed by atoms with E-state index in [0.717, 1.165) is 17.5 Å². The van der Waals surface area contributed by atoms with Gasteiger partial charge in [0.05, 0.1) is 6.04 Å². The van der Waals surface area contributed by atoms with Crippen LogP contribution >= 0.6 is 11.8 Å². The van der Waals surface area contributed by atoms with Crippen LogP contribution in [0.5, 0.6) is 0 Å². The van der Waals surface area contributed by atoms with Crippen molar-refractivity contribution in [1.82, 2.24) is 25.7 Å². The number of carbonyl (C=O) groups excluding carboxylic acids is 1. The van der Waals surface area contributed by atoms with Crippen molar-refractivity contribution in [3.63, 3.8) is 0 Å². The van der Waals surface area contributed by atoms with Crippen molar-refractivity contribution in [1.29, 1.82) is 0 Å². The first-order chi connectivity index (χ1) is 12.7. The summed E-state index contributed by atoms with van der Waals surface area (Å²) in [4.78, 5) is 16.7. The first-order valence-electron chi connectivity index (χ1n) is 8.59. The Balaban J connectivity index is 1.22. The van der Waals surface area contributed by atoms with E-state index in [1.54, 1.807) is 0 Å². The number of thioether (sulfide) groups is 1. The summed E-state index contributed by atoms with van der Waals surface area (Å²) >= 11 is 1.50. The predicted molar refractivity (Wildman–Crippen MR) is 101 cm³/mol. The molecule has 2 unspecified atom stereocenters. The number of aryl methyl sites for hydroxylation is 1. The number of amides is 1. The maximum atomic E-state index is 12.3. The largest absolute Gasteiger partial charge is 0.431 e. The van der Waals surface area contributed by atoms with Gasteiger partial charge in [-0.1, -0.05) is 23.9 Å². The van der Waals surface area contributed by atoms with E-state index < -0.39 is 0 Å². The van der Waals surface area contributed by atoms with Gasteiger partial charge < -0.3 is 14.3 Å². The van der Waals surface area contributed by atoms with Crippen LogP contribution in [0.2, 0.25) is 0 Å². The average molecular weight is 371 g/mol. The summed E-state index contributed by atoms with van der Waals surface area (Å²) in [6, 6.07) is 11.7. The molecule has 0 aliphatic carbocycles. The van der Waals surface area contributed by atoms with Crippen LogP contribution in [0.1, 0.15) is 18.2 Å². The maximum absolute atomic E-state index is 12.3. The van der Waals surface area contributed by atoms with Gasteiger partial charge in [-0.25, -0.2) is 15.8 Å². The lowest BCUT2D eigenvalue weighted by molar-refractivity contribution is -0.122. The second-order valence-electron chi connectivity index (χ2n) is 6.26. The van der Waals surface area contributed by atoms with Crippen LogP contribution in [0.3, 0.4) is 0 Å². The molecule has 7 nitrogen and oxygen atoms in total. The van der Waals surface area contributed by atoms with Crippen molar-refractivity contribution >= 4 is 28.8 Å². The molecule has 3 aromatic rings. The Hall–Kier alpha value is -2.29. The minimum Gasteiger partial charge on any atom is -0.431 e. The molecule has 3 heterocycles. The van der Waals surface area contributed by atoms with E-state index in [1.165, 1.54) is 17.5 Å². The van der Waals surface area contributed by atoms with Crippen LogP contribution in [-0.4, -0.2) is 33.8 Å². The van der Waals surface area contributed by atoms with Gasteiger partial charge in [0.2, 0.25) is 5.91 Å². The molecule has 2 aromatic heterocycles. The highest BCUT2D eigenvalue weighted by molar-refractivity contribution is 7.99. The molecule has 1 amide bonds. The lowest BCUT2D eigenvalue weighted by Crippen LogP contribution is -2.43. The molecule has 1 fully saturated rings. The number of fused-ring (bicyclic) bond motifs is 1. The third-order valence-corrected chi connectivity index (χ3v) is 5.29. The van der Waals surface area contributed by atoms with Gasteiger partial charge in [0.1, 0.15) is 11.6 Å². The fraction of sp³-hybridized carbons (Fsp3) is 0.333. The third kappa shape index (κ3) is 3.62. The van der Waals surface area contributed by atoms with Crippen LogP contribution in [-0.2, 0) is 11.8 Å². The molecule has 8 heteroatoms. The molecule has 3 N–H and O–H groups in total. The Morgan fingerprint density at radius 3 is 3.04 bits per heavy atom. The summed E-state index contributed by atoms with van der Waals surface area (Å²) in [7, 11) is 2.01. The van der Waals surface area contributed by atoms with Gasteiger partial charge in [-0.05, 0) is 30.7 Å². The quantitative estimate of drug-likeness (QED) is 0.454. The van der Waals surface area contributed by atoms with E-state index in [9.17, 15) is 4.79 Å². The zero-order valence-corrected chi connectivity index (χ0v) is 15.3. The fourth-order valence-electron chi connectivity index (χ4n) is 3.11. The summed E-state index contributed by atoms with van der Waals surface area (Å²) < 4.78 is 7.72. The van der Waals surface area contributed by atoms with Crippen molar-refractivity contribution in [2.75, 3.05) is 12.3 Å². The summed E-state index contributed by atoms with van der Waals surface area (Å²) in [5.74, 6) is 0.715. The van der Waals surface area contributed by atoms with E-state index in [1.807, 2.05) is 43.6 Å². The first-order valence-corrected chi connectivity index (χ1v) is 9.57. The number of nitrogens with zero attached hydrogens (tertiary/aromatic N) is 2. The molecule has 1 aliphatic heterocycles. The summed E-state index contributed by atoms with van der Waals surface area (Å²) in [6.45, 7) is 0.565. The molecule has 1 saturated heterocycles. The maximum Gasteiger partial charge on any atom is 0.256 e. The Kier molecular flexibility index (Phi) is 4.96. The number of rotatable bonds is 6. The van der Waals surface area contributed by atoms with Crippen LogP contribution in [0, 0.1) is 0 Å². The van der Waals surface area contributed by atoms with Crippen LogP contribution in [0.4, 0.5) is 0 Å². The first kappa shape index (κ1) is 17.1. The summed E-state index contributed by atoms with van der Waals surface area (Å²) in [5, 5.41) is 3.60. The second-order valence-corrected chi connectivity index (χ2v) is 7.31. The predicted octanol–water partition coefficient (Wildman–Crippen LogP) is 1.98. The van der Waals surface area contributed by atoms with Crippen LogP contribution < -0.4 is 16.2 Å². The minimum atomic E-state index is -0.232. The Morgan fingerprint density at radius 1 is 1.35 bits per heavy atom. The summed E-state index contributed by atoms with van der Waals surface area (Å²) in [6.07, 6.45) is 2.73. The van der Waals surface area contributed by atoms with Gasteiger partial charge >= 0.3 is 0 Å². The number of hydrazine groups is 1. The number of hydrogen-bond acceptors (Lipinski definition) is 6. The van der Waals surface area contributed by atoms with Gasteiger partial charge in [0, 0.05) is 31.2 Å². The fourth-order valence-corrected chi connectivity index (χ4v) is 3.80. The number of para-hydroxylation sites is 2. The molecule has 136 valence electrons. The highest BCUT2D eigenvalue weighted by Gasteiger charge is 2.30. The van der Waals surface area contributed by atoms with Crippen molar-refractivity contribution < 1.29 is 9.21 Å². The lowest BCUT2D eigenvalue weighted by Gasteiger charge is -2.11. The van der Waals surface area contributed by atoms with Crippen molar-refractivity contribution in [2.24, 2.45) is 7.05 Å². The summed E-state index contributed by atoms with van der Waals surface area (Å²) in [5.41, 5.74) is 9.09. The van der Waals surface area contributed by atoms with Crippen LogP contribution in [0.15, 0.2) is 52.2 Å². The van der Waals surface area contributed by atoms with Crippen molar-refractivity contribution in [2.45, 2.75) is 23.7 Å². The van der Waals surface area contributed by atoms with Gasteiger partial charge in [-0.15, -0.1) is 0 Å². The van der Waals surface area contributed by atoms with E-state index in [4.69, 9.17) is 4.42 Å². The molecular weight excluding hydrogens is 350 g/mol. The SMILES string of the molecule is Cn1cccc1C1CC(C(=O)NCCSc2nc3ccccc3o2)NN1.